The summed E-state index contributed by atoms with van der Waals surface area (Å²) in [6.07, 6.45) is -0.134. The fourth-order valence-corrected chi connectivity index (χ4v) is 1.73. The number of carbonyl (C=O) groups excluding carboxylic acids is 1. The molecule has 0 unspecified atom stereocenters. The van der Waals surface area contributed by atoms with E-state index in [1.165, 1.54) is 7.05 Å². The number of carboxylic acids is 1. The number of aliphatic hydroxyl groups is 1. The van der Waals surface area contributed by atoms with Gasteiger partial charge in [-0.3, -0.25) is 9.59 Å². The van der Waals surface area contributed by atoms with E-state index in [1.807, 2.05) is 0 Å². The highest BCUT2D eigenvalue weighted by Crippen LogP contribution is 2.06. The second-order valence-corrected chi connectivity index (χ2v) is 4.39. The van der Waals surface area contributed by atoms with E-state index in [0.717, 1.165) is 4.68 Å². The van der Waals surface area contributed by atoms with Gasteiger partial charge in [0.15, 0.2) is 0 Å². The summed E-state index contributed by atoms with van der Waals surface area (Å²) in [4.78, 5) is 35.0. The molecule has 0 radical (unpaired) electrons. The highest BCUT2D eigenvalue weighted by atomic mass is 16.4. The van der Waals surface area contributed by atoms with Gasteiger partial charge in [-0.2, -0.15) is 5.10 Å². The molecule has 0 saturated carbocycles. The Morgan fingerprint density at radius 3 is 2.50 bits per heavy atom. The van der Waals surface area contributed by atoms with Crippen molar-refractivity contribution < 1.29 is 19.8 Å². The molecule has 1 aromatic rings. The Morgan fingerprint density at radius 2 is 2.00 bits per heavy atom. The molecule has 1 aromatic heterocycles. The summed E-state index contributed by atoms with van der Waals surface area (Å²) in [6.45, 7) is 2.83. The van der Waals surface area contributed by atoms with Crippen LogP contribution in [0.15, 0.2) is 4.79 Å². The van der Waals surface area contributed by atoms with Gasteiger partial charge in [-0.05, 0) is 19.4 Å². The number of carbonyl (C=O) groups is 2. The molecule has 0 aromatic carbocycles. The number of amides is 1. The molecule has 0 bridgehead atoms. The van der Waals surface area contributed by atoms with Gasteiger partial charge in [0.25, 0.3) is 11.5 Å². The Morgan fingerprint density at radius 1 is 1.40 bits per heavy atom. The average Bonchev–Trinajstić information content (AvgIpc) is 2.36. The number of aromatic nitrogens is 2. The molecule has 1 heterocycles. The predicted molar refractivity (Wildman–Crippen MR) is 69.5 cm³/mol. The summed E-state index contributed by atoms with van der Waals surface area (Å²) in [5, 5.41) is 23.9. The lowest BCUT2D eigenvalue weighted by molar-refractivity contribution is -0.139. The second-order valence-electron chi connectivity index (χ2n) is 4.39. The van der Waals surface area contributed by atoms with E-state index in [1.54, 1.807) is 13.8 Å². The van der Waals surface area contributed by atoms with Crippen molar-refractivity contribution in [1.29, 1.82) is 0 Å². The minimum Gasteiger partial charge on any atom is -0.480 e. The molecular weight excluding hydrogens is 266 g/mol. The van der Waals surface area contributed by atoms with E-state index in [4.69, 9.17) is 10.2 Å². The predicted octanol–water partition coefficient (Wildman–Crippen LogP) is -1.04. The molecule has 0 aliphatic carbocycles. The monoisotopic (exact) mass is 283 g/mol. The fourth-order valence-electron chi connectivity index (χ4n) is 1.73. The second kappa shape index (κ2) is 6.29. The fraction of sp³-hybridized carbons (Fsp3) is 0.500. The quantitative estimate of drug-likeness (QED) is 0.634. The van der Waals surface area contributed by atoms with E-state index in [2.05, 4.69) is 10.4 Å². The van der Waals surface area contributed by atoms with Crippen LogP contribution in [0.3, 0.4) is 0 Å². The number of aryl methyl sites for hydroxylation is 2. The zero-order valence-electron chi connectivity index (χ0n) is 11.5. The van der Waals surface area contributed by atoms with E-state index in [-0.39, 0.29) is 18.6 Å². The van der Waals surface area contributed by atoms with Crippen molar-refractivity contribution in [1.82, 2.24) is 15.1 Å². The van der Waals surface area contributed by atoms with Crippen molar-refractivity contribution in [2.24, 2.45) is 7.05 Å². The van der Waals surface area contributed by atoms with Gasteiger partial charge in [0.05, 0.1) is 5.69 Å². The van der Waals surface area contributed by atoms with Crippen molar-refractivity contribution in [3.63, 3.8) is 0 Å². The Hall–Kier alpha value is -2.22. The van der Waals surface area contributed by atoms with E-state index >= 15 is 0 Å². The SMILES string of the molecule is Cc1nn(C)c(=O)c(C(=O)N[C@H](CCO)C(=O)O)c1C. The standard InChI is InChI=1S/C12H17N3O5/c1-6-7(2)14-15(3)11(18)9(6)10(17)13-8(4-5-16)12(19)20/h8,16H,4-5H2,1-3H3,(H,13,17)(H,19,20)/t8-/m1/s1. The minimum absolute atomic E-state index is 0.134. The summed E-state index contributed by atoms with van der Waals surface area (Å²) in [7, 11) is 1.41. The molecule has 0 aliphatic rings. The van der Waals surface area contributed by atoms with Crippen LogP contribution in [0, 0.1) is 13.8 Å². The van der Waals surface area contributed by atoms with Crippen LogP contribution in [0.5, 0.6) is 0 Å². The van der Waals surface area contributed by atoms with Crippen LogP contribution in [-0.2, 0) is 11.8 Å². The Labute approximate surface area is 115 Å². The lowest BCUT2D eigenvalue weighted by atomic mass is 10.1. The van der Waals surface area contributed by atoms with Gasteiger partial charge in [-0.1, -0.05) is 0 Å². The molecule has 110 valence electrons. The normalized spacial score (nSPS) is 12.0. The maximum Gasteiger partial charge on any atom is 0.326 e. The molecule has 8 heteroatoms. The van der Waals surface area contributed by atoms with Crippen LogP contribution < -0.4 is 10.9 Å². The van der Waals surface area contributed by atoms with Gasteiger partial charge in [-0.15, -0.1) is 0 Å². The van der Waals surface area contributed by atoms with Gasteiger partial charge < -0.3 is 15.5 Å². The molecule has 1 amide bonds. The number of nitrogens with one attached hydrogen (secondary N) is 1. The highest BCUT2D eigenvalue weighted by molar-refractivity contribution is 5.97. The summed E-state index contributed by atoms with van der Waals surface area (Å²) in [5.41, 5.74) is 0.174. The molecule has 8 nitrogen and oxygen atoms in total. The van der Waals surface area contributed by atoms with Crippen LogP contribution >= 0.6 is 0 Å². The van der Waals surface area contributed by atoms with Crippen LogP contribution in [0.1, 0.15) is 28.0 Å². The number of carboxylic acid groups (broad SMARTS) is 1. The molecule has 0 spiro atoms. The Balaban J connectivity index is 3.16. The van der Waals surface area contributed by atoms with Gasteiger partial charge in [0, 0.05) is 20.1 Å². The highest BCUT2D eigenvalue weighted by Gasteiger charge is 2.24. The first kappa shape index (κ1) is 15.8. The maximum atomic E-state index is 12.1. The lowest BCUT2D eigenvalue weighted by Crippen LogP contribution is -2.44. The van der Waals surface area contributed by atoms with Gasteiger partial charge >= 0.3 is 5.97 Å². The van der Waals surface area contributed by atoms with Crippen LogP contribution in [0.2, 0.25) is 0 Å². The Bertz CT molecular complexity index is 593. The van der Waals surface area contributed by atoms with Crippen molar-refractivity contribution in [3.05, 3.63) is 27.2 Å². The van der Waals surface area contributed by atoms with Crippen molar-refractivity contribution in [3.8, 4) is 0 Å². The third kappa shape index (κ3) is 3.21. The number of nitrogens with zero attached hydrogens (tertiary/aromatic N) is 2. The summed E-state index contributed by atoms with van der Waals surface area (Å²) >= 11 is 0. The van der Waals surface area contributed by atoms with Crippen LogP contribution in [-0.4, -0.2) is 44.5 Å². The van der Waals surface area contributed by atoms with E-state index < -0.39 is 23.5 Å². The van der Waals surface area contributed by atoms with Crippen LogP contribution in [0.25, 0.3) is 0 Å². The number of aliphatic carboxylic acids is 1. The number of rotatable bonds is 5. The van der Waals surface area contributed by atoms with Crippen molar-refractivity contribution in [2.45, 2.75) is 26.3 Å². The van der Waals surface area contributed by atoms with Gasteiger partial charge in [-0.25, -0.2) is 9.48 Å². The van der Waals surface area contributed by atoms with Crippen LogP contribution in [0.4, 0.5) is 0 Å². The largest absolute Gasteiger partial charge is 0.480 e. The summed E-state index contributed by atoms with van der Waals surface area (Å²) in [6, 6.07) is -1.25. The molecule has 1 atom stereocenters. The van der Waals surface area contributed by atoms with Gasteiger partial charge in [0.1, 0.15) is 11.6 Å². The first-order chi connectivity index (χ1) is 9.29. The molecule has 3 N–H and O–H groups in total. The third-order valence-electron chi connectivity index (χ3n) is 2.97. The number of hydrogen-bond acceptors (Lipinski definition) is 5. The lowest BCUT2D eigenvalue weighted by Gasteiger charge is -2.15. The zero-order chi connectivity index (χ0) is 15.4. The average molecular weight is 283 g/mol. The Kier molecular flexibility index (Phi) is 4.98. The molecular formula is C12H17N3O5. The van der Waals surface area contributed by atoms with Crippen molar-refractivity contribution in [2.75, 3.05) is 6.61 Å². The maximum absolute atomic E-state index is 12.1. The topological polar surface area (TPSA) is 122 Å². The summed E-state index contributed by atoms with van der Waals surface area (Å²) in [5.74, 6) is -2.05. The molecule has 0 fully saturated rings. The first-order valence-electron chi connectivity index (χ1n) is 5.98. The molecule has 20 heavy (non-hydrogen) atoms. The van der Waals surface area contributed by atoms with E-state index in [9.17, 15) is 14.4 Å². The van der Waals surface area contributed by atoms with Crippen molar-refractivity contribution >= 4 is 11.9 Å². The first-order valence-corrected chi connectivity index (χ1v) is 5.98. The summed E-state index contributed by atoms with van der Waals surface area (Å²) < 4.78 is 1.03. The third-order valence-corrected chi connectivity index (χ3v) is 2.97. The minimum atomic E-state index is -1.27. The van der Waals surface area contributed by atoms with E-state index in [0.29, 0.717) is 11.3 Å². The zero-order valence-corrected chi connectivity index (χ0v) is 11.5. The smallest absolute Gasteiger partial charge is 0.326 e. The molecule has 0 saturated heterocycles. The number of hydrogen-bond donors (Lipinski definition) is 3. The number of aliphatic hydroxyl groups excluding tert-OH is 1. The van der Waals surface area contributed by atoms with Gasteiger partial charge in [0.2, 0.25) is 0 Å². The molecule has 1 rings (SSSR count). The molecule has 0 aliphatic heterocycles.